The first-order chi connectivity index (χ1) is 17.9. The zero-order chi connectivity index (χ0) is 26.2. The van der Waals surface area contributed by atoms with Gasteiger partial charge in [0.25, 0.3) is 5.56 Å². The Balaban J connectivity index is 1.31. The molecule has 1 aromatic heterocycles. The molecule has 0 saturated heterocycles. The standard InChI is InChI=1S/C29H33N3O4S/c1-19-25(17-21-10-6-3-7-11-21)31-29(32-27(19)34)37-18-26(33)22-12-14-23(15-13-22)36-28(35)24(30)16-20-8-4-2-5-9-20/h2,4-5,8-9,12-15,21,24H,3,6-7,10-11,16-18,30H2,1H3,(H,31,32,34). The molecule has 0 bridgehead atoms. The molecule has 1 aliphatic rings. The Kier molecular flexibility index (Phi) is 9.30. The van der Waals surface area contributed by atoms with Crippen LogP contribution in [0.2, 0.25) is 0 Å². The number of carbonyl (C=O) groups is 2. The molecule has 1 heterocycles. The summed E-state index contributed by atoms with van der Waals surface area (Å²) >= 11 is 1.22. The van der Waals surface area contributed by atoms with Crippen molar-refractivity contribution in [2.75, 3.05) is 5.75 Å². The number of carbonyl (C=O) groups excluding carboxylic acids is 2. The minimum atomic E-state index is -0.785. The number of aromatic nitrogens is 2. The Morgan fingerprint density at radius 3 is 2.49 bits per heavy atom. The summed E-state index contributed by atoms with van der Waals surface area (Å²) in [5.41, 5.74) is 8.78. The number of hydrogen-bond donors (Lipinski definition) is 2. The molecule has 7 nitrogen and oxygen atoms in total. The lowest BCUT2D eigenvalue weighted by Crippen LogP contribution is -2.36. The number of nitrogens with two attached hydrogens (primary N) is 1. The van der Waals surface area contributed by atoms with E-state index >= 15 is 0 Å². The molecule has 194 valence electrons. The molecule has 0 spiro atoms. The number of nitrogens with zero attached hydrogens (tertiary/aromatic N) is 1. The van der Waals surface area contributed by atoms with Gasteiger partial charge in [-0.05, 0) is 55.5 Å². The minimum Gasteiger partial charge on any atom is -0.425 e. The predicted octanol–water partition coefficient (Wildman–Crippen LogP) is 4.65. The average molecular weight is 520 g/mol. The molecule has 37 heavy (non-hydrogen) atoms. The largest absolute Gasteiger partial charge is 0.425 e. The third-order valence-electron chi connectivity index (χ3n) is 6.77. The fourth-order valence-corrected chi connectivity index (χ4v) is 5.33. The Labute approximate surface area is 221 Å². The number of aromatic amines is 1. The Bertz CT molecular complexity index is 1270. The summed E-state index contributed by atoms with van der Waals surface area (Å²) in [6.45, 7) is 1.81. The van der Waals surface area contributed by atoms with Gasteiger partial charge < -0.3 is 15.5 Å². The van der Waals surface area contributed by atoms with E-state index in [9.17, 15) is 14.4 Å². The predicted molar refractivity (Wildman–Crippen MR) is 145 cm³/mol. The van der Waals surface area contributed by atoms with Gasteiger partial charge in [-0.3, -0.25) is 9.59 Å². The first-order valence-electron chi connectivity index (χ1n) is 12.8. The quantitative estimate of drug-likeness (QED) is 0.132. The Hall–Kier alpha value is -3.23. The lowest BCUT2D eigenvalue weighted by Gasteiger charge is -2.21. The number of thioether (sulfide) groups is 1. The molecule has 1 atom stereocenters. The number of Topliss-reactive ketones (excluding diaryl/α,β-unsaturated/α-hetero) is 1. The number of H-pyrrole nitrogens is 1. The van der Waals surface area contributed by atoms with E-state index in [1.54, 1.807) is 24.3 Å². The summed E-state index contributed by atoms with van der Waals surface area (Å²) < 4.78 is 5.38. The first kappa shape index (κ1) is 26.8. The van der Waals surface area contributed by atoms with Gasteiger partial charge in [-0.25, -0.2) is 9.78 Å². The van der Waals surface area contributed by atoms with Gasteiger partial charge in [0.2, 0.25) is 0 Å². The van der Waals surface area contributed by atoms with Crippen LogP contribution in [0, 0.1) is 12.8 Å². The third kappa shape index (κ3) is 7.63. The van der Waals surface area contributed by atoms with Crippen LogP contribution in [-0.4, -0.2) is 33.5 Å². The summed E-state index contributed by atoms with van der Waals surface area (Å²) in [6, 6.07) is 15.1. The number of hydrogen-bond acceptors (Lipinski definition) is 7. The highest BCUT2D eigenvalue weighted by molar-refractivity contribution is 7.99. The Morgan fingerprint density at radius 1 is 1.08 bits per heavy atom. The van der Waals surface area contributed by atoms with Gasteiger partial charge in [0.05, 0.1) is 11.4 Å². The van der Waals surface area contributed by atoms with Gasteiger partial charge in [0.1, 0.15) is 11.8 Å². The van der Waals surface area contributed by atoms with Gasteiger partial charge >= 0.3 is 5.97 Å². The maximum absolute atomic E-state index is 12.7. The van der Waals surface area contributed by atoms with Crippen molar-refractivity contribution in [1.29, 1.82) is 0 Å². The number of benzene rings is 2. The maximum Gasteiger partial charge on any atom is 0.328 e. The van der Waals surface area contributed by atoms with Gasteiger partial charge in [0, 0.05) is 11.1 Å². The van der Waals surface area contributed by atoms with E-state index in [1.165, 1.54) is 43.9 Å². The molecular weight excluding hydrogens is 486 g/mol. The molecule has 4 rings (SSSR count). The zero-order valence-corrected chi connectivity index (χ0v) is 21.9. The van der Waals surface area contributed by atoms with Gasteiger partial charge in [0.15, 0.2) is 10.9 Å². The fraction of sp³-hybridized carbons (Fsp3) is 0.379. The fourth-order valence-electron chi connectivity index (χ4n) is 4.56. The second-order valence-corrected chi connectivity index (χ2v) is 10.6. The molecular formula is C29H33N3O4S. The minimum absolute atomic E-state index is 0.110. The van der Waals surface area contributed by atoms with Crippen molar-refractivity contribution in [3.8, 4) is 5.75 Å². The Morgan fingerprint density at radius 2 is 1.78 bits per heavy atom. The average Bonchev–Trinajstić information content (AvgIpc) is 2.91. The van der Waals surface area contributed by atoms with Gasteiger partial charge in [-0.1, -0.05) is 74.2 Å². The number of esters is 1. The lowest BCUT2D eigenvalue weighted by molar-refractivity contribution is -0.135. The van der Waals surface area contributed by atoms with Crippen molar-refractivity contribution >= 4 is 23.5 Å². The summed E-state index contributed by atoms with van der Waals surface area (Å²) in [4.78, 5) is 45.0. The van der Waals surface area contributed by atoms with Crippen molar-refractivity contribution in [2.24, 2.45) is 11.7 Å². The van der Waals surface area contributed by atoms with E-state index < -0.39 is 12.0 Å². The molecule has 1 saturated carbocycles. The molecule has 2 aromatic carbocycles. The third-order valence-corrected chi connectivity index (χ3v) is 7.65. The van der Waals surface area contributed by atoms with E-state index in [2.05, 4.69) is 9.97 Å². The highest BCUT2D eigenvalue weighted by atomic mass is 32.2. The topological polar surface area (TPSA) is 115 Å². The van der Waals surface area contributed by atoms with Crippen LogP contribution in [0.3, 0.4) is 0 Å². The first-order valence-corrected chi connectivity index (χ1v) is 13.7. The van der Waals surface area contributed by atoms with Crippen molar-refractivity contribution < 1.29 is 14.3 Å². The summed E-state index contributed by atoms with van der Waals surface area (Å²) in [6.07, 6.45) is 7.31. The molecule has 1 unspecified atom stereocenters. The molecule has 3 aromatic rings. The molecule has 3 N–H and O–H groups in total. The molecule has 8 heteroatoms. The number of ketones is 1. The van der Waals surface area contributed by atoms with E-state index in [4.69, 9.17) is 10.5 Å². The molecule has 0 aliphatic heterocycles. The van der Waals surface area contributed by atoms with E-state index in [1.807, 2.05) is 37.3 Å². The van der Waals surface area contributed by atoms with Crippen molar-refractivity contribution in [2.45, 2.75) is 63.1 Å². The molecule has 1 aliphatic carbocycles. The van der Waals surface area contributed by atoms with Crippen LogP contribution >= 0.6 is 11.8 Å². The summed E-state index contributed by atoms with van der Waals surface area (Å²) in [5.74, 6) is 0.393. The summed E-state index contributed by atoms with van der Waals surface area (Å²) in [5, 5.41) is 0.465. The van der Waals surface area contributed by atoms with Crippen molar-refractivity contribution in [3.05, 3.63) is 87.3 Å². The highest BCUT2D eigenvalue weighted by Crippen LogP contribution is 2.27. The normalized spacial score (nSPS) is 14.8. The van der Waals surface area contributed by atoms with Gasteiger partial charge in [-0.2, -0.15) is 0 Å². The summed E-state index contributed by atoms with van der Waals surface area (Å²) in [7, 11) is 0. The van der Waals surface area contributed by atoms with E-state index in [0.29, 0.717) is 34.4 Å². The van der Waals surface area contributed by atoms with Crippen LogP contribution in [0.5, 0.6) is 5.75 Å². The monoisotopic (exact) mass is 519 g/mol. The smallest absolute Gasteiger partial charge is 0.328 e. The van der Waals surface area contributed by atoms with Crippen LogP contribution in [0.1, 0.15) is 59.3 Å². The second-order valence-electron chi connectivity index (χ2n) is 9.60. The highest BCUT2D eigenvalue weighted by Gasteiger charge is 2.19. The molecule has 1 fully saturated rings. The van der Waals surface area contributed by atoms with E-state index in [-0.39, 0.29) is 17.1 Å². The SMILES string of the molecule is Cc1c(CC2CCCCC2)nc(SCC(=O)c2ccc(OC(=O)C(N)Cc3ccccc3)cc2)[nH]c1=O. The number of ether oxygens (including phenoxy) is 1. The van der Waals surface area contributed by atoms with Crippen LogP contribution in [0.4, 0.5) is 0 Å². The zero-order valence-electron chi connectivity index (χ0n) is 21.1. The molecule has 0 amide bonds. The second kappa shape index (κ2) is 12.8. The van der Waals surface area contributed by atoms with Crippen molar-refractivity contribution in [3.63, 3.8) is 0 Å². The maximum atomic E-state index is 12.7. The van der Waals surface area contributed by atoms with Crippen LogP contribution in [-0.2, 0) is 17.6 Å². The van der Waals surface area contributed by atoms with E-state index in [0.717, 1.165) is 17.7 Å². The molecule has 0 radical (unpaired) electrons. The van der Waals surface area contributed by atoms with Crippen molar-refractivity contribution in [1.82, 2.24) is 9.97 Å². The van der Waals surface area contributed by atoms with Crippen LogP contribution in [0.15, 0.2) is 64.5 Å². The number of rotatable bonds is 10. The lowest BCUT2D eigenvalue weighted by atomic mass is 9.85. The van der Waals surface area contributed by atoms with Crippen LogP contribution < -0.4 is 16.0 Å². The van der Waals surface area contributed by atoms with Gasteiger partial charge in [-0.15, -0.1) is 0 Å². The number of nitrogens with one attached hydrogen (secondary N) is 1. The van der Waals surface area contributed by atoms with Crippen LogP contribution in [0.25, 0.3) is 0 Å².